The van der Waals surface area contributed by atoms with Gasteiger partial charge in [0.1, 0.15) is 11.3 Å². The van der Waals surface area contributed by atoms with Crippen molar-refractivity contribution in [3.8, 4) is 0 Å². The Balaban J connectivity index is 2.50. The van der Waals surface area contributed by atoms with Crippen LogP contribution in [0.1, 0.15) is 24.9 Å². The third-order valence-corrected chi connectivity index (χ3v) is 4.08. The average molecular weight is 303 g/mol. The zero-order chi connectivity index (χ0) is 14.0. The fourth-order valence-corrected chi connectivity index (χ4v) is 2.89. The number of aryl methyl sites for hydroxylation is 3. The van der Waals surface area contributed by atoms with Gasteiger partial charge in [-0.3, -0.25) is 8.89 Å². The Morgan fingerprint density at radius 3 is 2.74 bits per heavy atom. The maximum absolute atomic E-state index is 11.3. The van der Waals surface area contributed by atoms with Crippen molar-refractivity contribution in [1.82, 2.24) is 19.3 Å². The highest BCUT2D eigenvalue weighted by Crippen LogP contribution is 2.21. The van der Waals surface area contributed by atoms with E-state index in [0.29, 0.717) is 18.2 Å². The minimum absolute atomic E-state index is 0.358. The molecule has 2 aromatic rings. The number of hydrogen-bond acceptors (Lipinski definition) is 3. The predicted octanol–water partition coefficient (Wildman–Crippen LogP) is 1.84. The van der Waals surface area contributed by atoms with Crippen molar-refractivity contribution in [2.75, 3.05) is 12.0 Å². The number of alkyl halides is 1. The van der Waals surface area contributed by atoms with Crippen LogP contribution in [0.4, 0.5) is 0 Å². The van der Waals surface area contributed by atoms with E-state index in [0.717, 1.165) is 35.5 Å². The number of aromatic nitrogens is 4. The van der Waals surface area contributed by atoms with Crippen LogP contribution in [0.15, 0.2) is 0 Å². The molecule has 0 aromatic carbocycles. The molecule has 0 aliphatic carbocycles. The van der Waals surface area contributed by atoms with Crippen molar-refractivity contribution < 1.29 is 4.21 Å². The second-order valence-electron chi connectivity index (χ2n) is 4.58. The highest BCUT2D eigenvalue weighted by Gasteiger charge is 2.18. The maximum Gasteiger partial charge on any atom is 0.158 e. The highest BCUT2D eigenvalue weighted by atomic mass is 35.5. The third-order valence-electron chi connectivity index (χ3n) is 3.08. The lowest BCUT2D eigenvalue weighted by molar-refractivity contribution is 0.663. The number of nitrogens with zero attached hydrogens (tertiary/aromatic N) is 4. The Hall–Kier alpha value is -0.880. The van der Waals surface area contributed by atoms with Gasteiger partial charge < -0.3 is 4.57 Å². The van der Waals surface area contributed by atoms with Crippen molar-refractivity contribution in [2.24, 2.45) is 7.05 Å². The summed E-state index contributed by atoms with van der Waals surface area (Å²) in [4.78, 5) is 4.60. The molecule has 0 spiro atoms. The van der Waals surface area contributed by atoms with Gasteiger partial charge in [-0.25, -0.2) is 4.98 Å². The molecule has 1 unspecified atom stereocenters. The molecule has 0 saturated heterocycles. The van der Waals surface area contributed by atoms with E-state index >= 15 is 0 Å². The summed E-state index contributed by atoms with van der Waals surface area (Å²) in [5.74, 6) is 1.78. The van der Waals surface area contributed by atoms with Crippen LogP contribution in [0.5, 0.6) is 0 Å². The Morgan fingerprint density at radius 1 is 1.42 bits per heavy atom. The Morgan fingerprint density at radius 2 is 2.16 bits per heavy atom. The molecular weight excluding hydrogens is 284 g/mol. The summed E-state index contributed by atoms with van der Waals surface area (Å²) in [5, 5.41) is 4.52. The minimum atomic E-state index is -0.828. The van der Waals surface area contributed by atoms with Crippen LogP contribution in [0, 0.1) is 0 Å². The molecule has 0 aliphatic heterocycles. The van der Waals surface area contributed by atoms with Gasteiger partial charge in [0.25, 0.3) is 0 Å². The van der Waals surface area contributed by atoms with Crippen LogP contribution < -0.4 is 0 Å². The van der Waals surface area contributed by atoms with E-state index in [-0.39, 0.29) is 0 Å². The van der Waals surface area contributed by atoms with Gasteiger partial charge in [-0.15, -0.1) is 11.6 Å². The molecule has 2 rings (SSSR count). The normalized spacial score (nSPS) is 13.3. The van der Waals surface area contributed by atoms with Gasteiger partial charge in [0.15, 0.2) is 5.65 Å². The summed E-state index contributed by atoms with van der Waals surface area (Å²) in [6, 6.07) is 0. The molecule has 2 heterocycles. The highest BCUT2D eigenvalue weighted by molar-refractivity contribution is 7.84. The van der Waals surface area contributed by atoms with Crippen LogP contribution in [-0.2, 0) is 36.7 Å². The van der Waals surface area contributed by atoms with Crippen LogP contribution in [0.3, 0.4) is 0 Å². The number of hydrogen-bond donors (Lipinski definition) is 0. The monoisotopic (exact) mass is 302 g/mol. The number of fused-ring (bicyclic) bond motifs is 1. The van der Waals surface area contributed by atoms with E-state index in [1.54, 1.807) is 6.26 Å². The van der Waals surface area contributed by atoms with Crippen LogP contribution in [0.2, 0.25) is 0 Å². The minimum Gasteiger partial charge on any atom is -0.311 e. The molecule has 7 heteroatoms. The Bertz CT molecular complexity index is 604. The van der Waals surface area contributed by atoms with Gasteiger partial charge in [-0.2, -0.15) is 5.10 Å². The topological polar surface area (TPSA) is 52.7 Å². The Labute approximate surface area is 120 Å². The molecule has 0 bridgehead atoms. The molecule has 0 N–H and O–H groups in total. The summed E-state index contributed by atoms with van der Waals surface area (Å²) < 4.78 is 15.2. The lowest BCUT2D eigenvalue weighted by atomic mass is 10.2. The van der Waals surface area contributed by atoms with E-state index in [1.165, 1.54) is 0 Å². The Kier molecular flexibility index (Phi) is 4.62. The molecule has 19 heavy (non-hydrogen) atoms. The van der Waals surface area contributed by atoms with Crippen molar-refractivity contribution in [3.05, 3.63) is 11.5 Å². The van der Waals surface area contributed by atoms with Crippen LogP contribution in [0.25, 0.3) is 11.2 Å². The fourth-order valence-electron chi connectivity index (χ4n) is 2.25. The molecule has 2 aromatic heterocycles. The largest absolute Gasteiger partial charge is 0.311 e. The lowest BCUT2D eigenvalue weighted by Gasteiger charge is -2.06. The summed E-state index contributed by atoms with van der Waals surface area (Å²) in [6.07, 6.45) is 3.66. The summed E-state index contributed by atoms with van der Waals surface area (Å²) in [6.45, 7) is 2.78. The standard InChI is InChI=1S/C12H19ClN4OS/c1-4-5-9-11-12(16(2)15-9)17(6-7-19(3)18)10(8-13)14-11/h4-8H2,1-3H3. The molecule has 0 fully saturated rings. The van der Waals surface area contributed by atoms with Crippen molar-refractivity contribution in [1.29, 1.82) is 0 Å². The van der Waals surface area contributed by atoms with Crippen molar-refractivity contribution in [2.45, 2.75) is 32.2 Å². The van der Waals surface area contributed by atoms with Gasteiger partial charge in [-0.05, 0) is 6.42 Å². The van der Waals surface area contributed by atoms with Gasteiger partial charge in [0.2, 0.25) is 0 Å². The van der Waals surface area contributed by atoms with Gasteiger partial charge in [-0.1, -0.05) is 13.3 Å². The van der Waals surface area contributed by atoms with E-state index < -0.39 is 10.8 Å². The van der Waals surface area contributed by atoms with Gasteiger partial charge in [0.05, 0.1) is 11.6 Å². The van der Waals surface area contributed by atoms with Crippen molar-refractivity contribution >= 4 is 33.6 Å². The first-order valence-corrected chi connectivity index (χ1v) is 8.61. The first-order valence-electron chi connectivity index (χ1n) is 6.35. The van der Waals surface area contributed by atoms with Crippen LogP contribution in [-0.4, -0.2) is 35.5 Å². The molecule has 0 saturated carbocycles. The van der Waals surface area contributed by atoms with E-state index in [2.05, 4.69) is 17.0 Å². The number of imidazole rings is 1. The second kappa shape index (κ2) is 6.05. The SMILES string of the molecule is CCCc1nn(C)c2c1nc(CCl)n2CCS(C)=O. The molecule has 0 aliphatic rings. The van der Waals surface area contributed by atoms with Gasteiger partial charge in [0, 0.05) is 36.4 Å². The molecule has 0 radical (unpaired) electrons. The predicted molar refractivity (Wildman–Crippen MR) is 79.0 cm³/mol. The van der Waals surface area contributed by atoms with Gasteiger partial charge >= 0.3 is 0 Å². The number of rotatable bonds is 6. The van der Waals surface area contributed by atoms with E-state index in [4.69, 9.17) is 11.6 Å². The zero-order valence-corrected chi connectivity index (χ0v) is 13.1. The van der Waals surface area contributed by atoms with E-state index in [9.17, 15) is 4.21 Å². The first kappa shape index (κ1) is 14.5. The summed E-state index contributed by atoms with van der Waals surface area (Å²) >= 11 is 5.97. The second-order valence-corrected chi connectivity index (χ2v) is 6.41. The lowest BCUT2D eigenvalue weighted by Crippen LogP contribution is -2.11. The zero-order valence-electron chi connectivity index (χ0n) is 11.5. The molecular formula is C12H19ClN4OS. The molecule has 5 nitrogen and oxygen atoms in total. The quantitative estimate of drug-likeness (QED) is 0.765. The molecule has 106 valence electrons. The fraction of sp³-hybridized carbons (Fsp3) is 0.667. The summed E-state index contributed by atoms with van der Waals surface area (Å²) in [7, 11) is 1.09. The average Bonchev–Trinajstić information content (AvgIpc) is 2.86. The third kappa shape index (κ3) is 2.84. The molecule has 0 amide bonds. The maximum atomic E-state index is 11.3. The smallest absolute Gasteiger partial charge is 0.158 e. The first-order chi connectivity index (χ1) is 9.08. The molecule has 1 atom stereocenters. The van der Waals surface area contributed by atoms with E-state index in [1.807, 2.05) is 16.3 Å². The van der Waals surface area contributed by atoms with Crippen molar-refractivity contribution in [3.63, 3.8) is 0 Å². The number of halogens is 1. The summed E-state index contributed by atoms with van der Waals surface area (Å²) in [5.41, 5.74) is 2.93. The van der Waals surface area contributed by atoms with Crippen LogP contribution >= 0.6 is 11.6 Å².